The minimum absolute atomic E-state index is 0.656. The van der Waals surface area contributed by atoms with Crippen LogP contribution in [0.4, 0.5) is 0 Å². The number of aryl methyl sites for hydroxylation is 2. The molecule has 2 aliphatic rings. The van der Waals surface area contributed by atoms with Crippen LogP contribution in [0.2, 0.25) is 0 Å². The summed E-state index contributed by atoms with van der Waals surface area (Å²) in [5.74, 6) is 1.24. The van der Waals surface area contributed by atoms with Crippen LogP contribution in [-0.2, 0) is 12.8 Å². The highest BCUT2D eigenvalue weighted by atomic mass is 15.1. The summed E-state index contributed by atoms with van der Waals surface area (Å²) in [4.78, 5) is 4.76. The monoisotopic (exact) mass is 219 g/mol. The van der Waals surface area contributed by atoms with Gasteiger partial charge in [0.05, 0.1) is 5.69 Å². The Morgan fingerprint density at radius 1 is 1.25 bits per heavy atom. The summed E-state index contributed by atoms with van der Waals surface area (Å²) >= 11 is 0. The Bertz CT molecular complexity index is 375. The molecule has 1 aromatic rings. The zero-order chi connectivity index (χ0) is 11.0. The van der Waals surface area contributed by atoms with Crippen LogP contribution >= 0.6 is 0 Å². The van der Waals surface area contributed by atoms with Crippen LogP contribution in [0.3, 0.4) is 0 Å². The normalized spacial score (nSPS) is 25.4. The van der Waals surface area contributed by atoms with Crippen LogP contribution in [-0.4, -0.2) is 22.6 Å². The standard InChI is InChI=1S/C13H21N3/c1-10-15-12-6-2-3-7-13(12)16(10)11-5-4-8-14-9-11/h11,14H,2-9H2,1H3. The van der Waals surface area contributed by atoms with Crippen molar-refractivity contribution in [2.75, 3.05) is 13.1 Å². The lowest BCUT2D eigenvalue weighted by Crippen LogP contribution is -2.33. The molecule has 88 valence electrons. The molecule has 1 aromatic heterocycles. The number of aromatic nitrogens is 2. The Balaban J connectivity index is 1.95. The predicted octanol–water partition coefficient (Wildman–Crippen LogP) is 1.99. The van der Waals surface area contributed by atoms with Crippen LogP contribution < -0.4 is 5.32 Å². The first kappa shape index (κ1) is 10.3. The third-order valence-corrected chi connectivity index (χ3v) is 3.98. The van der Waals surface area contributed by atoms with Crippen molar-refractivity contribution in [1.82, 2.24) is 14.9 Å². The van der Waals surface area contributed by atoms with Crippen molar-refractivity contribution in [3.63, 3.8) is 0 Å². The maximum Gasteiger partial charge on any atom is 0.106 e. The van der Waals surface area contributed by atoms with E-state index in [1.807, 2.05) is 0 Å². The van der Waals surface area contributed by atoms with Gasteiger partial charge in [0.25, 0.3) is 0 Å². The van der Waals surface area contributed by atoms with Crippen molar-refractivity contribution in [2.45, 2.75) is 51.5 Å². The highest BCUT2D eigenvalue weighted by Crippen LogP contribution is 2.28. The summed E-state index contributed by atoms with van der Waals surface area (Å²) in [6.45, 7) is 4.49. The zero-order valence-electron chi connectivity index (χ0n) is 10.1. The second-order valence-electron chi connectivity index (χ2n) is 5.13. The van der Waals surface area contributed by atoms with E-state index in [-0.39, 0.29) is 0 Å². The molecule has 1 aliphatic carbocycles. The minimum Gasteiger partial charge on any atom is -0.328 e. The second-order valence-corrected chi connectivity index (χ2v) is 5.13. The van der Waals surface area contributed by atoms with Gasteiger partial charge >= 0.3 is 0 Å². The maximum atomic E-state index is 4.76. The number of rotatable bonds is 1. The number of nitrogens with zero attached hydrogens (tertiary/aromatic N) is 2. The fourth-order valence-electron chi connectivity index (χ4n) is 3.24. The van der Waals surface area contributed by atoms with E-state index in [4.69, 9.17) is 4.98 Å². The molecule has 0 spiro atoms. The molecule has 1 N–H and O–H groups in total. The van der Waals surface area contributed by atoms with Crippen LogP contribution in [0.15, 0.2) is 0 Å². The van der Waals surface area contributed by atoms with E-state index < -0.39 is 0 Å². The topological polar surface area (TPSA) is 29.9 Å². The number of nitrogens with one attached hydrogen (secondary N) is 1. The van der Waals surface area contributed by atoms with E-state index in [0.29, 0.717) is 6.04 Å². The van der Waals surface area contributed by atoms with Gasteiger partial charge in [-0.05, 0) is 52.0 Å². The molecule has 0 bridgehead atoms. The summed E-state index contributed by atoms with van der Waals surface area (Å²) in [6.07, 6.45) is 7.73. The molecule has 0 amide bonds. The highest BCUT2D eigenvalue weighted by Gasteiger charge is 2.24. The Morgan fingerprint density at radius 3 is 2.94 bits per heavy atom. The Kier molecular flexibility index (Phi) is 2.72. The van der Waals surface area contributed by atoms with Crippen molar-refractivity contribution in [1.29, 1.82) is 0 Å². The number of fused-ring (bicyclic) bond motifs is 1. The molecule has 3 heteroatoms. The smallest absolute Gasteiger partial charge is 0.106 e. The van der Waals surface area contributed by atoms with Gasteiger partial charge in [0, 0.05) is 18.3 Å². The van der Waals surface area contributed by atoms with Gasteiger partial charge in [-0.1, -0.05) is 0 Å². The van der Waals surface area contributed by atoms with E-state index in [1.165, 1.54) is 62.3 Å². The molecule has 0 saturated carbocycles. The fraction of sp³-hybridized carbons (Fsp3) is 0.769. The lowest BCUT2D eigenvalue weighted by molar-refractivity contribution is 0.357. The molecule has 0 radical (unpaired) electrons. The van der Waals surface area contributed by atoms with E-state index in [9.17, 15) is 0 Å². The summed E-state index contributed by atoms with van der Waals surface area (Å²) in [5, 5.41) is 3.51. The molecular weight excluding hydrogens is 198 g/mol. The van der Waals surface area contributed by atoms with Crippen molar-refractivity contribution < 1.29 is 0 Å². The van der Waals surface area contributed by atoms with Crippen molar-refractivity contribution in [3.8, 4) is 0 Å². The summed E-state index contributed by atoms with van der Waals surface area (Å²) in [5.41, 5.74) is 2.92. The molecule has 3 rings (SSSR count). The van der Waals surface area contributed by atoms with E-state index in [2.05, 4.69) is 16.8 Å². The third kappa shape index (κ3) is 1.67. The summed E-state index contributed by atoms with van der Waals surface area (Å²) < 4.78 is 2.53. The molecule has 0 aromatic carbocycles. The van der Waals surface area contributed by atoms with Gasteiger partial charge in [-0.15, -0.1) is 0 Å². The molecule has 1 atom stereocenters. The van der Waals surface area contributed by atoms with Gasteiger partial charge in [-0.25, -0.2) is 4.98 Å². The maximum absolute atomic E-state index is 4.76. The van der Waals surface area contributed by atoms with Gasteiger partial charge in [-0.3, -0.25) is 0 Å². The third-order valence-electron chi connectivity index (χ3n) is 3.98. The molecule has 1 fully saturated rings. The van der Waals surface area contributed by atoms with Gasteiger partial charge < -0.3 is 9.88 Å². The lowest BCUT2D eigenvalue weighted by Gasteiger charge is -2.27. The largest absolute Gasteiger partial charge is 0.328 e. The van der Waals surface area contributed by atoms with E-state index in [0.717, 1.165) is 6.54 Å². The quantitative estimate of drug-likeness (QED) is 0.783. The first-order valence-electron chi connectivity index (χ1n) is 6.63. The first-order valence-corrected chi connectivity index (χ1v) is 6.63. The van der Waals surface area contributed by atoms with Crippen molar-refractivity contribution >= 4 is 0 Å². The summed E-state index contributed by atoms with van der Waals surface area (Å²) in [7, 11) is 0. The average Bonchev–Trinajstić information content (AvgIpc) is 2.66. The predicted molar refractivity (Wildman–Crippen MR) is 64.7 cm³/mol. The first-order chi connectivity index (χ1) is 7.86. The number of imidazole rings is 1. The highest BCUT2D eigenvalue weighted by molar-refractivity contribution is 5.21. The molecular formula is C13H21N3. The van der Waals surface area contributed by atoms with Crippen LogP contribution in [0.5, 0.6) is 0 Å². The van der Waals surface area contributed by atoms with Crippen LogP contribution in [0.1, 0.15) is 48.9 Å². The molecule has 2 heterocycles. The number of hydrogen-bond donors (Lipinski definition) is 1. The SMILES string of the molecule is Cc1nc2c(n1C1CCCNC1)CCCC2. The zero-order valence-corrected chi connectivity index (χ0v) is 10.1. The molecule has 1 saturated heterocycles. The van der Waals surface area contributed by atoms with Gasteiger partial charge in [0.2, 0.25) is 0 Å². The van der Waals surface area contributed by atoms with Crippen molar-refractivity contribution in [2.24, 2.45) is 0 Å². The van der Waals surface area contributed by atoms with E-state index in [1.54, 1.807) is 0 Å². The molecule has 1 unspecified atom stereocenters. The van der Waals surface area contributed by atoms with Crippen LogP contribution in [0.25, 0.3) is 0 Å². The molecule has 1 aliphatic heterocycles. The van der Waals surface area contributed by atoms with Gasteiger partial charge in [0.1, 0.15) is 5.82 Å². The second kappa shape index (κ2) is 4.21. The number of piperidine rings is 1. The fourth-order valence-corrected chi connectivity index (χ4v) is 3.24. The van der Waals surface area contributed by atoms with E-state index >= 15 is 0 Å². The Labute approximate surface area is 97.3 Å². The van der Waals surface area contributed by atoms with Crippen molar-refractivity contribution in [3.05, 3.63) is 17.2 Å². The number of hydrogen-bond acceptors (Lipinski definition) is 2. The lowest BCUT2D eigenvalue weighted by atomic mass is 9.99. The molecule has 3 nitrogen and oxygen atoms in total. The Hall–Kier alpha value is -0.830. The van der Waals surface area contributed by atoms with Gasteiger partial charge in [0.15, 0.2) is 0 Å². The summed E-state index contributed by atoms with van der Waals surface area (Å²) in [6, 6.07) is 0.656. The van der Waals surface area contributed by atoms with Gasteiger partial charge in [-0.2, -0.15) is 0 Å². The Morgan fingerprint density at radius 2 is 2.12 bits per heavy atom. The minimum atomic E-state index is 0.656. The van der Waals surface area contributed by atoms with Crippen LogP contribution in [0, 0.1) is 6.92 Å². The molecule has 16 heavy (non-hydrogen) atoms. The average molecular weight is 219 g/mol.